The van der Waals surface area contributed by atoms with Gasteiger partial charge in [-0.05, 0) is 92.4 Å². The van der Waals surface area contributed by atoms with E-state index in [2.05, 4.69) is 210 Å². The summed E-state index contributed by atoms with van der Waals surface area (Å²) in [5.41, 5.74) is 23.3. The average molecular weight is 841 g/mol. The number of benzene rings is 10. The number of furan rings is 2. The standard InChI is InChI=1S/C61H37BN2O2/c1-2-16-36(17-3-1)37-32-33-50(63-51-28-14-22-42-40-20-6-12-30-54(40)65-59(42)51)44(34-37)56-57-53(35-43-41-21-7-13-31-55(41)66-60(43)56)64-52-29-11-10-25-47(52)61(48-26-15-27-49(62-57)58(48)64)45-23-8-4-18-38(45)39-19-5-9-24-46(39)61/h1-35,62-63H. The molecule has 1 spiro atoms. The van der Waals surface area contributed by atoms with Crippen molar-refractivity contribution in [1.29, 1.82) is 0 Å². The summed E-state index contributed by atoms with van der Waals surface area (Å²) in [6, 6.07) is 77.3. The third-order valence-corrected chi connectivity index (χ3v) is 14.7. The number of nitrogens with one attached hydrogen (secondary N) is 1. The van der Waals surface area contributed by atoms with Crippen LogP contribution in [0.3, 0.4) is 0 Å². The highest BCUT2D eigenvalue weighted by molar-refractivity contribution is 6.74. The minimum atomic E-state index is -0.489. The molecular weight excluding hydrogens is 803 g/mol. The number of nitrogens with zero attached hydrogens (tertiary/aromatic N) is 1. The average Bonchev–Trinajstić information content (AvgIpc) is 4.04. The van der Waals surface area contributed by atoms with Crippen LogP contribution in [0, 0.1) is 0 Å². The van der Waals surface area contributed by atoms with Gasteiger partial charge in [-0.1, -0.05) is 175 Å². The van der Waals surface area contributed by atoms with Gasteiger partial charge in [0.25, 0.3) is 0 Å². The summed E-state index contributed by atoms with van der Waals surface area (Å²) in [5.74, 6) is 0. The van der Waals surface area contributed by atoms with Crippen molar-refractivity contribution in [2.24, 2.45) is 0 Å². The van der Waals surface area contributed by atoms with E-state index in [1.165, 1.54) is 61.4 Å². The largest absolute Gasteiger partial charge is 0.455 e. The normalized spacial score (nSPS) is 13.7. The van der Waals surface area contributed by atoms with E-state index in [4.69, 9.17) is 8.83 Å². The fraction of sp³-hybridized carbons (Fsp3) is 0.0164. The van der Waals surface area contributed by atoms with Crippen LogP contribution in [0.15, 0.2) is 221 Å². The molecule has 0 bridgehead atoms. The van der Waals surface area contributed by atoms with E-state index >= 15 is 0 Å². The Morgan fingerprint density at radius 1 is 0.409 bits per heavy atom. The number of para-hydroxylation sites is 5. The van der Waals surface area contributed by atoms with E-state index in [1.54, 1.807) is 0 Å². The molecule has 0 radical (unpaired) electrons. The molecule has 306 valence electrons. The quantitative estimate of drug-likeness (QED) is 0.179. The predicted molar refractivity (Wildman–Crippen MR) is 274 cm³/mol. The molecule has 0 unspecified atom stereocenters. The Labute approximate surface area is 381 Å². The second-order valence-corrected chi connectivity index (χ2v) is 17.9. The Hall–Kier alpha value is -8.54. The van der Waals surface area contributed by atoms with Crippen LogP contribution in [0.4, 0.5) is 28.4 Å². The first-order valence-corrected chi connectivity index (χ1v) is 22.8. The maximum absolute atomic E-state index is 7.12. The second kappa shape index (κ2) is 13.3. The molecule has 1 N–H and O–H groups in total. The highest BCUT2D eigenvalue weighted by Gasteiger charge is 2.53. The molecule has 4 nitrogen and oxygen atoms in total. The molecule has 0 saturated heterocycles. The molecule has 10 aromatic carbocycles. The number of hydrogen-bond donors (Lipinski definition) is 1. The van der Waals surface area contributed by atoms with Crippen molar-refractivity contribution in [3.63, 3.8) is 0 Å². The van der Waals surface area contributed by atoms with Gasteiger partial charge < -0.3 is 19.1 Å². The Morgan fingerprint density at radius 2 is 1.03 bits per heavy atom. The smallest absolute Gasteiger partial charge is 0.198 e. The Balaban J connectivity index is 1.04. The summed E-state index contributed by atoms with van der Waals surface area (Å²) in [7, 11) is 0.715. The monoisotopic (exact) mass is 840 g/mol. The van der Waals surface area contributed by atoms with Crippen LogP contribution in [-0.2, 0) is 5.41 Å². The second-order valence-electron chi connectivity index (χ2n) is 17.9. The lowest BCUT2D eigenvalue weighted by Gasteiger charge is -2.48. The lowest BCUT2D eigenvalue weighted by molar-refractivity contribution is 0.670. The molecular formula is C61H37BN2O2. The summed E-state index contributed by atoms with van der Waals surface area (Å²) in [4.78, 5) is 2.58. The number of rotatable bonds is 4. The van der Waals surface area contributed by atoms with Gasteiger partial charge in [-0.25, -0.2) is 0 Å². The van der Waals surface area contributed by atoms with E-state index in [-0.39, 0.29) is 0 Å². The predicted octanol–water partition coefficient (Wildman–Crippen LogP) is 14.4. The van der Waals surface area contributed by atoms with Crippen molar-refractivity contribution < 1.29 is 8.83 Å². The zero-order valence-corrected chi connectivity index (χ0v) is 35.7. The molecule has 2 aromatic heterocycles. The van der Waals surface area contributed by atoms with E-state index in [0.29, 0.717) is 7.28 Å². The van der Waals surface area contributed by atoms with Crippen LogP contribution < -0.4 is 21.1 Å². The maximum Gasteiger partial charge on any atom is 0.198 e. The SMILES string of the molecule is B1c2cccc3c2N(c2ccccc2C32c3ccccc3-c3ccccc32)c2cc3c(oc4ccccc43)c(-c3cc(-c4ccccc4)ccc3Nc3cccc4c3oc3ccccc34)c21. The molecule has 12 aromatic rings. The molecule has 4 heterocycles. The molecule has 66 heavy (non-hydrogen) atoms. The lowest BCUT2D eigenvalue weighted by Crippen LogP contribution is -2.47. The summed E-state index contributed by atoms with van der Waals surface area (Å²) < 4.78 is 13.7. The minimum absolute atomic E-state index is 0.489. The molecule has 15 rings (SSSR count). The first-order chi connectivity index (χ1) is 32.7. The van der Waals surface area contributed by atoms with Gasteiger partial charge in [0.2, 0.25) is 0 Å². The summed E-state index contributed by atoms with van der Waals surface area (Å²) in [5, 5.41) is 8.30. The van der Waals surface area contributed by atoms with E-state index < -0.39 is 5.41 Å². The number of fused-ring (bicyclic) bond motifs is 17. The summed E-state index contributed by atoms with van der Waals surface area (Å²) in [6.45, 7) is 0. The molecule has 1 aliphatic carbocycles. The van der Waals surface area contributed by atoms with Crippen LogP contribution in [0.1, 0.15) is 22.3 Å². The van der Waals surface area contributed by atoms with Gasteiger partial charge in [-0.15, -0.1) is 0 Å². The molecule has 0 saturated carbocycles. The fourth-order valence-electron chi connectivity index (χ4n) is 12.0. The maximum atomic E-state index is 7.12. The van der Waals surface area contributed by atoms with Crippen LogP contribution in [0.5, 0.6) is 0 Å². The van der Waals surface area contributed by atoms with Crippen molar-refractivity contribution in [3.05, 3.63) is 235 Å². The van der Waals surface area contributed by atoms with Gasteiger partial charge in [0.05, 0.1) is 16.8 Å². The first kappa shape index (κ1) is 35.9. The first-order valence-electron chi connectivity index (χ1n) is 22.8. The lowest BCUT2D eigenvalue weighted by atomic mass is 9.54. The van der Waals surface area contributed by atoms with Gasteiger partial charge in [0.15, 0.2) is 12.9 Å². The van der Waals surface area contributed by atoms with Crippen molar-refractivity contribution >= 4 is 90.5 Å². The third kappa shape index (κ3) is 4.68. The highest BCUT2D eigenvalue weighted by Crippen LogP contribution is 2.63. The summed E-state index contributed by atoms with van der Waals surface area (Å²) in [6.07, 6.45) is 0. The molecule has 0 amide bonds. The van der Waals surface area contributed by atoms with E-state index in [0.717, 1.165) is 77.5 Å². The number of anilines is 5. The molecule has 2 aliphatic heterocycles. The molecule has 5 heteroatoms. The summed E-state index contributed by atoms with van der Waals surface area (Å²) >= 11 is 0. The van der Waals surface area contributed by atoms with Crippen LogP contribution >= 0.6 is 0 Å². The van der Waals surface area contributed by atoms with E-state index in [9.17, 15) is 0 Å². The van der Waals surface area contributed by atoms with Crippen molar-refractivity contribution in [3.8, 4) is 33.4 Å². The zero-order chi connectivity index (χ0) is 43.1. The molecule has 0 atom stereocenters. The fourth-order valence-corrected chi connectivity index (χ4v) is 12.0. The third-order valence-electron chi connectivity index (χ3n) is 14.7. The van der Waals surface area contributed by atoms with Gasteiger partial charge >= 0.3 is 0 Å². The van der Waals surface area contributed by atoms with Crippen molar-refractivity contribution in [2.75, 3.05) is 10.2 Å². The van der Waals surface area contributed by atoms with E-state index in [1.807, 2.05) is 12.1 Å². The molecule has 0 fully saturated rings. The topological polar surface area (TPSA) is 41.6 Å². The minimum Gasteiger partial charge on any atom is -0.455 e. The van der Waals surface area contributed by atoms with Gasteiger partial charge in [0, 0.05) is 49.7 Å². The van der Waals surface area contributed by atoms with Gasteiger partial charge in [-0.3, -0.25) is 0 Å². The van der Waals surface area contributed by atoms with Crippen LogP contribution in [-0.4, -0.2) is 7.28 Å². The molecule has 3 aliphatic rings. The highest BCUT2D eigenvalue weighted by atomic mass is 16.3. The van der Waals surface area contributed by atoms with Crippen molar-refractivity contribution in [1.82, 2.24) is 0 Å². The Bertz CT molecular complexity index is 3990. The van der Waals surface area contributed by atoms with Crippen LogP contribution in [0.2, 0.25) is 0 Å². The van der Waals surface area contributed by atoms with Gasteiger partial charge in [0.1, 0.15) is 16.7 Å². The van der Waals surface area contributed by atoms with Crippen molar-refractivity contribution in [2.45, 2.75) is 5.41 Å². The van der Waals surface area contributed by atoms with Crippen LogP contribution in [0.25, 0.3) is 77.3 Å². The Kier molecular flexibility index (Phi) is 7.21. The Morgan fingerprint density at radius 3 is 1.82 bits per heavy atom. The zero-order valence-electron chi connectivity index (χ0n) is 35.7. The number of hydrogen-bond acceptors (Lipinski definition) is 4. The van der Waals surface area contributed by atoms with Gasteiger partial charge in [-0.2, -0.15) is 0 Å².